The van der Waals surface area contributed by atoms with Crippen molar-refractivity contribution in [3.8, 4) is 0 Å². The van der Waals surface area contributed by atoms with Gasteiger partial charge in [-0.1, -0.05) is 66.0 Å². The average Bonchev–Trinajstić information content (AvgIpc) is 2.72. The van der Waals surface area contributed by atoms with Gasteiger partial charge in [-0.3, -0.25) is 14.4 Å². The third-order valence-corrected chi connectivity index (χ3v) is 2.39. The van der Waals surface area contributed by atoms with Gasteiger partial charge in [0.2, 0.25) is 0 Å². The summed E-state index contributed by atoms with van der Waals surface area (Å²) in [5, 5.41) is 0. The first-order chi connectivity index (χ1) is 15.3. The summed E-state index contributed by atoms with van der Waals surface area (Å²) in [4.78, 5) is 56.9. The highest BCUT2D eigenvalue weighted by molar-refractivity contribution is 6.35. The van der Waals surface area contributed by atoms with Crippen LogP contribution in [0.3, 0.4) is 0 Å². The lowest BCUT2D eigenvalue weighted by molar-refractivity contribution is -0.134. The van der Waals surface area contributed by atoms with Crippen LogP contribution in [-0.2, 0) is 28.8 Å². The van der Waals surface area contributed by atoms with E-state index in [-0.39, 0.29) is 23.1 Å². The third kappa shape index (κ3) is 247. The third-order valence-electron chi connectivity index (χ3n) is 2.39. The van der Waals surface area contributed by atoms with Crippen molar-refractivity contribution in [3.63, 3.8) is 0 Å². The van der Waals surface area contributed by atoms with Crippen molar-refractivity contribution in [3.05, 3.63) is 25.3 Å². The molecule has 0 spiro atoms. The standard InChI is InChI=1S/C5H12.C5H10.C4H6O2.C4H6O.C4H8O.C3H6O.C2H4O/c2*1-3-5-4-2;1-3(5)4(2)6;1-3-4(2)5;1-2-3-4-5;1-3(2)4;1-2-3/h3-5H2,1-2H3;3H,1,4-5H2,2H3;1-2H3;3H,1H2,2H3;4H,2-3H2,1H3;1-2H3;2H,1H3. The molecule has 0 N–H and O–H groups in total. The number of hydrogen-bond donors (Lipinski definition) is 0. The van der Waals surface area contributed by atoms with Gasteiger partial charge in [0, 0.05) is 20.3 Å². The maximum Gasteiger partial charge on any atom is 0.195 e. The van der Waals surface area contributed by atoms with Crippen molar-refractivity contribution >= 4 is 35.7 Å². The fourth-order valence-corrected chi connectivity index (χ4v) is 0.676. The lowest BCUT2D eigenvalue weighted by atomic mass is 10.3. The Bertz CT molecular complexity index is 437. The SMILES string of the molecule is C=CC(C)=O.C=CCCC.CC(=O)C(C)=O.CC(C)=O.CC=O.CCCC=O.CCCCC. The molecule has 6 heteroatoms. The predicted octanol–water partition coefficient (Wildman–Crippen LogP) is 6.88. The second kappa shape index (κ2) is 57.0. The van der Waals surface area contributed by atoms with E-state index >= 15 is 0 Å². The summed E-state index contributed by atoms with van der Waals surface area (Å²) in [5.41, 5.74) is 0. The molecule has 6 nitrogen and oxygen atoms in total. The second-order valence-corrected chi connectivity index (χ2v) is 6.46. The topological polar surface area (TPSA) is 102 Å². The fraction of sp³-hybridized carbons (Fsp3) is 0.630. The van der Waals surface area contributed by atoms with Gasteiger partial charge in [-0.25, -0.2) is 0 Å². The first-order valence-electron chi connectivity index (χ1n) is 11.4. The fourth-order valence-electron chi connectivity index (χ4n) is 0.676. The number of rotatable bonds is 8. The van der Waals surface area contributed by atoms with E-state index in [0.29, 0.717) is 6.42 Å². The van der Waals surface area contributed by atoms with Gasteiger partial charge in [0.15, 0.2) is 17.3 Å². The van der Waals surface area contributed by atoms with Crippen molar-refractivity contribution in [1.82, 2.24) is 0 Å². The van der Waals surface area contributed by atoms with E-state index in [0.717, 1.165) is 25.4 Å². The molecule has 0 aromatic heterocycles. The average molecular weight is 473 g/mol. The molecule has 0 aromatic rings. The minimum atomic E-state index is -0.380. The van der Waals surface area contributed by atoms with Crippen LogP contribution in [0, 0.1) is 0 Å². The molecule has 196 valence electrons. The number of carbonyl (C=O) groups excluding carboxylic acids is 6. The summed E-state index contributed by atoms with van der Waals surface area (Å²) < 4.78 is 0. The molecule has 0 bridgehead atoms. The normalized spacial score (nSPS) is 7.09. The van der Waals surface area contributed by atoms with Crippen LogP contribution >= 0.6 is 0 Å². The van der Waals surface area contributed by atoms with Crippen LogP contribution in [0.1, 0.15) is 114 Å². The van der Waals surface area contributed by atoms with Crippen LogP contribution in [-0.4, -0.2) is 35.7 Å². The Balaban J connectivity index is -0.0000000482. The molecule has 0 amide bonds. The smallest absolute Gasteiger partial charge is 0.195 e. The van der Waals surface area contributed by atoms with Gasteiger partial charge in [-0.15, -0.1) is 6.58 Å². The van der Waals surface area contributed by atoms with Crippen molar-refractivity contribution in [2.24, 2.45) is 0 Å². The number of ketones is 4. The quantitative estimate of drug-likeness (QED) is 0.165. The van der Waals surface area contributed by atoms with Gasteiger partial charge in [0.25, 0.3) is 0 Å². The molecule has 0 radical (unpaired) electrons. The van der Waals surface area contributed by atoms with Crippen LogP contribution in [0.25, 0.3) is 0 Å². The zero-order valence-electron chi connectivity index (χ0n) is 23.1. The Morgan fingerprint density at radius 1 is 0.667 bits per heavy atom. The van der Waals surface area contributed by atoms with Gasteiger partial charge in [-0.05, 0) is 46.6 Å². The van der Waals surface area contributed by atoms with Crippen molar-refractivity contribution in [2.75, 3.05) is 0 Å². The second-order valence-electron chi connectivity index (χ2n) is 6.46. The largest absolute Gasteiger partial charge is 0.304 e. The maximum atomic E-state index is 9.79. The summed E-state index contributed by atoms with van der Waals surface area (Å²) in [6, 6.07) is 0. The molecule has 0 fully saturated rings. The van der Waals surface area contributed by atoms with E-state index in [1.165, 1.54) is 73.3 Å². The summed E-state index contributed by atoms with van der Waals surface area (Å²) in [5.74, 6) is -0.574. The highest BCUT2D eigenvalue weighted by Crippen LogP contribution is 1.88. The first-order valence-corrected chi connectivity index (χ1v) is 11.4. The zero-order chi connectivity index (χ0) is 28.1. The summed E-state index contributed by atoms with van der Waals surface area (Å²) in [6.45, 7) is 23.8. The minimum absolute atomic E-state index is 0.0185. The number of hydrogen-bond acceptors (Lipinski definition) is 6. The van der Waals surface area contributed by atoms with Crippen LogP contribution < -0.4 is 0 Å². The molecule has 0 rings (SSSR count). The van der Waals surface area contributed by atoms with Gasteiger partial charge >= 0.3 is 0 Å². The lowest BCUT2D eigenvalue weighted by Crippen LogP contribution is -2.01. The van der Waals surface area contributed by atoms with Gasteiger partial charge in [0.05, 0.1) is 0 Å². The van der Waals surface area contributed by atoms with Crippen molar-refractivity contribution in [2.45, 2.75) is 114 Å². The molecule has 0 aromatic carbocycles. The maximum absolute atomic E-state index is 9.79. The molecule has 0 heterocycles. The van der Waals surface area contributed by atoms with E-state index in [1.54, 1.807) is 0 Å². The molecular formula is C27H52O6. The molecule has 0 aliphatic carbocycles. The van der Waals surface area contributed by atoms with Crippen molar-refractivity contribution in [1.29, 1.82) is 0 Å². The Kier molecular flexibility index (Phi) is 83.0. The monoisotopic (exact) mass is 472 g/mol. The van der Waals surface area contributed by atoms with E-state index in [9.17, 15) is 24.0 Å². The zero-order valence-corrected chi connectivity index (χ0v) is 23.1. The number of aldehydes is 2. The minimum Gasteiger partial charge on any atom is -0.304 e. The molecule has 33 heavy (non-hydrogen) atoms. The van der Waals surface area contributed by atoms with Gasteiger partial charge in [-0.2, -0.15) is 0 Å². The Morgan fingerprint density at radius 2 is 0.939 bits per heavy atom. The van der Waals surface area contributed by atoms with E-state index in [1.807, 2.05) is 13.0 Å². The lowest BCUT2D eigenvalue weighted by Gasteiger charge is -1.79. The Morgan fingerprint density at radius 3 is 0.939 bits per heavy atom. The summed E-state index contributed by atoms with van der Waals surface area (Å²) >= 11 is 0. The van der Waals surface area contributed by atoms with E-state index in [2.05, 4.69) is 33.9 Å². The predicted molar refractivity (Wildman–Crippen MR) is 142 cm³/mol. The molecule has 0 aliphatic rings. The first kappa shape index (κ1) is 48.1. The van der Waals surface area contributed by atoms with Gasteiger partial charge in [0.1, 0.15) is 18.4 Å². The Labute approximate surface area is 204 Å². The van der Waals surface area contributed by atoms with Crippen LogP contribution in [0.4, 0.5) is 0 Å². The molecular weight excluding hydrogens is 420 g/mol. The Hall–Kier alpha value is -2.50. The molecule has 0 atom stereocenters. The highest BCUT2D eigenvalue weighted by atomic mass is 16.2. The summed E-state index contributed by atoms with van der Waals surface area (Å²) in [7, 11) is 0. The van der Waals surface area contributed by atoms with Crippen molar-refractivity contribution < 1.29 is 28.8 Å². The van der Waals surface area contributed by atoms with E-state index < -0.39 is 0 Å². The number of Topliss-reactive ketones (excluding diaryl/α,β-unsaturated/α-hetero) is 3. The molecule has 0 aliphatic heterocycles. The highest BCUT2D eigenvalue weighted by Gasteiger charge is 1.94. The molecule has 0 saturated heterocycles. The van der Waals surface area contributed by atoms with Gasteiger partial charge < -0.3 is 14.4 Å². The molecule has 0 unspecified atom stereocenters. The van der Waals surface area contributed by atoms with Crippen LogP contribution in [0.5, 0.6) is 0 Å². The number of allylic oxidation sites excluding steroid dienone is 2. The van der Waals surface area contributed by atoms with Crippen LogP contribution in [0.2, 0.25) is 0 Å². The molecule has 0 saturated carbocycles. The number of unbranched alkanes of at least 4 members (excludes halogenated alkanes) is 4. The number of carbonyl (C=O) groups is 6. The van der Waals surface area contributed by atoms with Crippen LogP contribution in [0.15, 0.2) is 25.3 Å². The van der Waals surface area contributed by atoms with E-state index in [4.69, 9.17) is 4.79 Å². The summed E-state index contributed by atoms with van der Waals surface area (Å²) in [6.07, 6.45) is 13.0.